The van der Waals surface area contributed by atoms with E-state index in [0.29, 0.717) is 39.3 Å². The van der Waals surface area contributed by atoms with Crippen LogP contribution in [-0.4, -0.2) is 20.3 Å². The van der Waals surface area contributed by atoms with Gasteiger partial charge in [0.25, 0.3) is 0 Å². The number of amides is 2. The Morgan fingerprint density at radius 1 is 1.00 bits per heavy atom. The third kappa shape index (κ3) is 2.77. The first kappa shape index (κ1) is 17.0. The first-order valence-corrected chi connectivity index (χ1v) is 8.38. The van der Waals surface area contributed by atoms with Crippen LogP contribution >= 0.6 is 0 Å². The van der Waals surface area contributed by atoms with E-state index >= 15 is 0 Å². The van der Waals surface area contributed by atoms with Gasteiger partial charge in [-0.05, 0) is 36.8 Å². The summed E-state index contributed by atoms with van der Waals surface area (Å²) in [5, 5.41) is 6.23. The average Bonchev–Trinajstić information content (AvgIpc) is 2.67. The number of fused-ring (bicyclic) bond motifs is 3. The Morgan fingerprint density at radius 3 is 2.52 bits per heavy atom. The van der Waals surface area contributed by atoms with Crippen LogP contribution in [0.2, 0.25) is 0 Å². The van der Waals surface area contributed by atoms with E-state index in [1.165, 1.54) is 7.11 Å². The predicted octanol–water partition coefficient (Wildman–Crippen LogP) is 3.34. The second kappa shape index (κ2) is 6.35. The Bertz CT molecular complexity index is 1120. The molecule has 2 aromatic carbocycles. The predicted molar refractivity (Wildman–Crippen MR) is 101 cm³/mol. The Morgan fingerprint density at radius 2 is 1.78 bits per heavy atom. The van der Waals surface area contributed by atoms with Crippen molar-refractivity contribution in [1.29, 1.82) is 0 Å². The van der Waals surface area contributed by atoms with Crippen molar-refractivity contribution in [3.05, 3.63) is 63.5 Å². The Balaban J connectivity index is 1.96. The van der Waals surface area contributed by atoms with Crippen molar-refractivity contribution in [3.8, 4) is 11.5 Å². The molecule has 0 fully saturated rings. The first-order chi connectivity index (χ1) is 13.0. The van der Waals surface area contributed by atoms with E-state index in [-0.39, 0.29) is 0 Å². The summed E-state index contributed by atoms with van der Waals surface area (Å²) in [5.74, 6) is 1.06. The van der Waals surface area contributed by atoms with Crippen molar-refractivity contribution in [2.24, 2.45) is 0 Å². The third-order valence-electron chi connectivity index (χ3n) is 4.64. The molecule has 0 saturated carbocycles. The van der Waals surface area contributed by atoms with Crippen LogP contribution in [-0.2, 0) is 0 Å². The topological polar surface area (TPSA) is 89.8 Å². The molecule has 7 nitrogen and oxygen atoms in total. The number of hydrogen-bond donors (Lipinski definition) is 2. The summed E-state index contributed by atoms with van der Waals surface area (Å²) in [5.41, 5.74) is 2.41. The summed E-state index contributed by atoms with van der Waals surface area (Å²) in [6.07, 6.45) is 0. The normalized spacial score (nSPS) is 15.7. The highest BCUT2D eigenvalue weighted by Crippen LogP contribution is 2.37. The van der Waals surface area contributed by atoms with Gasteiger partial charge >= 0.3 is 11.7 Å². The quantitative estimate of drug-likeness (QED) is 0.694. The van der Waals surface area contributed by atoms with Gasteiger partial charge in [0.1, 0.15) is 5.58 Å². The molecule has 0 spiro atoms. The number of nitrogens with one attached hydrogen (secondary N) is 2. The number of anilines is 1. The lowest BCUT2D eigenvalue weighted by molar-refractivity contribution is 0.248. The maximum absolute atomic E-state index is 12.7. The Hall–Kier alpha value is -3.48. The van der Waals surface area contributed by atoms with Crippen LogP contribution in [0, 0.1) is 6.92 Å². The van der Waals surface area contributed by atoms with Gasteiger partial charge in [-0.15, -0.1) is 0 Å². The number of hydrogen-bond acceptors (Lipinski definition) is 5. The van der Waals surface area contributed by atoms with Gasteiger partial charge < -0.3 is 24.5 Å². The minimum atomic E-state index is -0.672. The average molecular weight is 366 g/mol. The molecule has 2 heterocycles. The maximum Gasteiger partial charge on any atom is 0.344 e. The van der Waals surface area contributed by atoms with Crippen LogP contribution in [0.25, 0.3) is 11.0 Å². The van der Waals surface area contributed by atoms with Crippen LogP contribution in [0.1, 0.15) is 22.7 Å². The molecule has 138 valence electrons. The van der Waals surface area contributed by atoms with Gasteiger partial charge in [0.2, 0.25) is 0 Å². The number of urea groups is 1. The van der Waals surface area contributed by atoms with Crippen LogP contribution in [0.4, 0.5) is 10.5 Å². The molecule has 3 aromatic rings. The van der Waals surface area contributed by atoms with Crippen molar-refractivity contribution in [2.75, 3.05) is 19.5 Å². The fourth-order valence-electron chi connectivity index (χ4n) is 3.36. The number of carbonyl (C=O) groups excluding carboxylic acids is 1. The zero-order valence-corrected chi connectivity index (χ0v) is 15.1. The van der Waals surface area contributed by atoms with Crippen LogP contribution < -0.4 is 25.7 Å². The van der Waals surface area contributed by atoms with Gasteiger partial charge in [-0.3, -0.25) is 0 Å². The van der Waals surface area contributed by atoms with E-state index in [9.17, 15) is 9.59 Å². The van der Waals surface area contributed by atoms with E-state index in [1.54, 1.807) is 31.4 Å². The van der Waals surface area contributed by atoms with Crippen molar-refractivity contribution < 1.29 is 18.7 Å². The lowest BCUT2D eigenvalue weighted by Gasteiger charge is -2.27. The highest BCUT2D eigenvalue weighted by Gasteiger charge is 2.31. The molecule has 1 aliphatic rings. The van der Waals surface area contributed by atoms with E-state index in [4.69, 9.17) is 13.9 Å². The van der Waals surface area contributed by atoms with Crippen LogP contribution in [0.5, 0.6) is 11.5 Å². The maximum atomic E-state index is 12.7. The van der Waals surface area contributed by atoms with Crippen molar-refractivity contribution >= 4 is 22.7 Å². The van der Waals surface area contributed by atoms with Gasteiger partial charge in [0.15, 0.2) is 11.5 Å². The van der Waals surface area contributed by atoms with Gasteiger partial charge in [-0.25, -0.2) is 9.59 Å². The molecule has 1 atom stereocenters. The Kier molecular flexibility index (Phi) is 3.99. The third-order valence-corrected chi connectivity index (χ3v) is 4.64. The molecule has 1 unspecified atom stereocenters. The molecule has 4 rings (SSSR count). The molecular weight excluding hydrogens is 348 g/mol. The SMILES string of the molecule is COc1ccc(C2NC(=O)Nc3c2c(=O)oc2ccc(C)cc32)cc1OC. The van der Waals surface area contributed by atoms with Crippen LogP contribution in [0.15, 0.2) is 45.6 Å². The zero-order valence-electron chi connectivity index (χ0n) is 15.1. The minimum absolute atomic E-state index is 0.347. The van der Waals surface area contributed by atoms with E-state index in [2.05, 4.69) is 10.6 Å². The molecule has 0 radical (unpaired) electrons. The fraction of sp³-hybridized carbons (Fsp3) is 0.200. The molecule has 0 aliphatic carbocycles. The highest BCUT2D eigenvalue weighted by atomic mass is 16.5. The summed E-state index contributed by atoms with van der Waals surface area (Å²) in [4.78, 5) is 25.0. The van der Waals surface area contributed by atoms with E-state index in [1.807, 2.05) is 19.1 Å². The number of benzene rings is 2. The molecule has 1 aliphatic heterocycles. The summed E-state index contributed by atoms with van der Waals surface area (Å²) in [6, 6.07) is 9.65. The molecule has 1 aromatic heterocycles. The number of aryl methyl sites for hydroxylation is 1. The second-order valence-corrected chi connectivity index (χ2v) is 6.32. The smallest absolute Gasteiger partial charge is 0.344 e. The molecule has 27 heavy (non-hydrogen) atoms. The van der Waals surface area contributed by atoms with Gasteiger partial charge in [0, 0.05) is 5.39 Å². The molecule has 0 bridgehead atoms. The molecular formula is C20H18N2O5. The zero-order chi connectivity index (χ0) is 19.1. The monoisotopic (exact) mass is 366 g/mol. The van der Waals surface area contributed by atoms with Crippen molar-refractivity contribution in [3.63, 3.8) is 0 Å². The number of methoxy groups -OCH3 is 2. The molecule has 0 saturated heterocycles. The van der Waals surface area contributed by atoms with Gasteiger partial charge in [-0.2, -0.15) is 0 Å². The molecule has 7 heteroatoms. The number of carbonyl (C=O) groups is 1. The van der Waals surface area contributed by atoms with E-state index < -0.39 is 17.7 Å². The Labute approximate surface area is 154 Å². The summed E-state index contributed by atoms with van der Waals surface area (Å²) in [7, 11) is 3.07. The molecule has 2 amide bonds. The summed E-state index contributed by atoms with van der Waals surface area (Å²) >= 11 is 0. The standard InChI is InChI=1S/C20H18N2O5/c1-10-4-6-13-12(8-10)18-16(19(23)27-13)17(21-20(24)22-18)11-5-7-14(25-2)15(9-11)26-3/h4-9,17H,1-3H3,(H2,21,22,24). The largest absolute Gasteiger partial charge is 0.493 e. The number of ether oxygens (including phenoxy) is 2. The highest BCUT2D eigenvalue weighted by molar-refractivity contribution is 6.03. The van der Waals surface area contributed by atoms with Gasteiger partial charge in [-0.1, -0.05) is 17.7 Å². The van der Waals surface area contributed by atoms with E-state index in [0.717, 1.165) is 5.56 Å². The number of rotatable bonds is 3. The van der Waals surface area contributed by atoms with Crippen molar-refractivity contribution in [2.45, 2.75) is 13.0 Å². The second-order valence-electron chi connectivity index (χ2n) is 6.32. The lowest BCUT2D eigenvalue weighted by Crippen LogP contribution is -2.41. The fourth-order valence-corrected chi connectivity index (χ4v) is 3.36. The summed E-state index contributed by atoms with van der Waals surface area (Å²) < 4.78 is 16.1. The van der Waals surface area contributed by atoms with Crippen LogP contribution in [0.3, 0.4) is 0 Å². The van der Waals surface area contributed by atoms with Crippen molar-refractivity contribution in [1.82, 2.24) is 5.32 Å². The first-order valence-electron chi connectivity index (χ1n) is 8.38. The lowest BCUT2D eigenvalue weighted by atomic mass is 9.95. The minimum Gasteiger partial charge on any atom is -0.493 e. The molecule has 2 N–H and O–H groups in total. The van der Waals surface area contributed by atoms with Gasteiger partial charge in [0.05, 0.1) is 31.5 Å². The summed E-state index contributed by atoms with van der Waals surface area (Å²) in [6.45, 7) is 1.94.